The lowest BCUT2D eigenvalue weighted by Gasteiger charge is -2.20. The number of para-hydroxylation sites is 1. The predicted octanol–water partition coefficient (Wildman–Crippen LogP) is 3.42. The number of pyridine rings is 1. The lowest BCUT2D eigenvalue weighted by Crippen LogP contribution is -2.30. The van der Waals surface area contributed by atoms with Gasteiger partial charge in [-0.3, -0.25) is 4.79 Å². The van der Waals surface area contributed by atoms with Crippen molar-refractivity contribution in [2.45, 2.75) is 25.3 Å². The van der Waals surface area contributed by atoms with Crippen molar-refractivity contribution in [1.82, 2.24) is 4.98 Å². The van der Waals surface area contributed by atoms with E-state index in [0.29, 0.717) is 17.4 Å². The third-order valence-corrected chi connectivity index (χ3v) is 4.52. The predicted molar refractivity (Wildman–Crippen MR) is 91.8 cm³/mol. The first kappa shape index (κ1) is 14.0. The summed E-state index contributed by atoms with van der Waals surface area (Å²) in [6.07, 6.45) is 8.95. The van der Waals surface area contributed by atoms with E-state index in [1.807, 2.05) is 35.2 Å². The quantitative estimate of drug-likeness (QED) is 0.884. The van der Waals surface area contributed by atoms with Crippen LogP contribution in [0.25, 0.3) is 0 Å². The van der Waals surface area contributed by atoms with Gasteiger partial charge in [0.1, 0.15) is 5.82 Å². The van der Waals surface area contributed by atoms with Crippen LogP contribution in [-0.4, -0.2) is 23.5 Å². The van der Waals surface area contributed by atoms with Gasteiger partial charge in [0.15, 0.2) is 0 Å². The van der Waals surface area contributed by atoms with Gasteiger partial charge in [0.05, 0.1) is 5.56 Å². The van der Waals surface area contributed by atoms with Crippen LogP contribution in [0.15, 0.2) is 54.7 Å². The lowest BCUT2D eigenvalue weighted by atomic mass is 10.1. The Balaban J connectivity index is 1.62. The van der Waals surface area contributed by atoms with Crippen molar-refractivity contribution in [3.05, 3.63) is 65.9 Å². The zero-order valence-corrected chi connectivity index (χ0v) is 12.9. The maximum absolute atomic E-state index is 13.0. The van der Waals surface area contributed by atoms with Gasteiger partial charge in [-0.05, 0) is 43.0 Å². The summed E-state index contributed by atoms with van der Waals surface area (Å²) >= 11 is 0. The summed E-state index contributed by atoms with van der Waals surface area (Å²) in [4.78, 5) is 19.3. The van der Waals surface area contributed by atoms with Crippen molar-refractivity contribution in [3.63, 3.8) is 0 Å². The number of nitrogens with zero attached hydrogens (tertiary/aromatic N) is 2. The largest absolute Gasteiger partial charge is 0.366 e. The second-order valence-electron chi connectivity index (χ2n) is 6.02. The number of hydrogen-bond acceptors (Lipinski definition) is 3. The molecule has 0 unspecified atom stereocenters. The van der Waals surface area contributed by atoms with Gasteiger partial charge in [-0.1, -0.05) is 30.4 Å². The molecule has 2 heterocycles. The fourth-order valence-corrected chi connectivity index (χ4v) is 3.32. The molecule has 0 fully saturated rings. The third-order valence-electron chi connectivity index (χ3n) is 4.52. The number of carbonyl (C=O) groups excluding carboxylic acids is 1. The zero-order chi connectivity index (χ0) is 15.6. The van der Waals surface area contributed by atoms with E-state index < -0.39 is 0 Å². The van der Waals surface area contributed by atoms with Crippen molar-refractivity contribution in [2.24, 2.45) is 0 Å². The number of aromatic nitrogens is 1. The van der Waals surface area contributed by atoms with Crippen molar-refractivity contribution in [1.29, 1.82) is 0 Å². The molecule has 1 aliphatic heterocycles. The van der Waals surface area contributed by atoms with E-state index in [0.717, 1.165) is 31.5 Å². The number of fused-ring (bicyclic) bond motifs is 1. The van der Waals surface area contributed by atoms with E-state index in [1.54, 1.807) is 6.20 Å². The molecule has 23 heavy (non-hydrogen) atoms. The molecule has 1 N–H and O–H groups in total. The maximum atomic E-state index is 13.0. The molecule has 116 valence electrons. The highest BCUT2D eigenvalue weighted by molar-refractivity contribution is 6.10. The Morgan fingerprint density at radius 1 is 1.13 bits per heavy atom. The summed E-state index contributed by atoms with van der Waals surface area (Å²) in [6, 6.07) is 12.1. The van der Waals surface area contributed by atoms with Crippen LogP contribution in [0, 0.1) is 0 Å². The molecule has 4 heteroatoms. The van der Waals surface area contributed by atoms with Crippen LogP contribution in [0.4, 0.5) is 11.5 Å². The minimum Gasteiger partial charge on any atom is -0.366 e. The number of rotatable bonds is 3. The maximum Gasteiger partial charge on any atom is 0.262 e. The summed E-state index contributed by atoms with van der Waals surface area (Å²) < 4.78 is 0. The number of anilines is 2. The van der Waals surface area contributed by atoms with Gasteiger partial charge in [-0.25, -0.2) is 4.98 Å². The molecule has 2 aromatic rings. The highest BCUT2D eigenvalue weighted by Crippen LogP contribution is 2.30. The average Bonchev–Trinajstić information content (AvgIpc) is 3.24. The Labute approximate surface area is 135 Å². The van der Waals surface area contributed by atoms with Crippen LogP contribution in [0.5, 0.6) is 0 Å². The van der Waals surface area contributed by atoms with Gasteiger partial charge < -0.3 is 10.2 Å². The smallest absolute Gasteiger partial charge is 0.262 e. The summed E-state index contributed by atoms with van der Waals surface area (Å²) in [7, 11) is 0. The molecule has 2 aliphatic rings. The highest BCUT2D eigenvalue weighted by atomic mass is 16.2. The minimum absolute atomic E-state index is 0.0245. The number of carbonyl (C=O) groups is 1. The van der Waals surface area contributed by atoms with E-state index >= 15 is 0 Å². The summed E-state index contributed by atoms with van der Waals surface area (Å²) in [5.74, 6) is 0.715. The first-order chi connectivity index (χ1) is 11.3. The van der Waals surface area contributed by atoms with E-state index in [4.69, 9.17) is 0 Å². The van der Waals surface area contributed by atoms with Crippen molar-refractivity contribution in [2.75, 3.05) is 16.8 Å². The summed E-state index contributed by atoms with van der Waals surface area (Å²) in [5, 5.41) is 3.42. The summed E-state index contributed by atoms with van der Waals surface area (Å²) in [5.41, 5.74) is 2.91. The third kappa shape index (κ3) is 2.61. The highest BCUT2D eigenvalue weighted by Gasteiger charge is 2.27. The number of amides is 1. The van der Waals surface area contributed by atoms with Crippen molar-refractivity contribution >= 4 is 17.4 Å². The number of benzene rings is 1. The molecule has 0 bridgehead atoms. The van der Waals surface area contributed by atoms with Crippen molar-refractivity contribution in [3.8, 4) is 0 Å². The van der Waals surface area contributed by atoms with E-state index in [-0.39, 0.29) is 5.91 Å². The van der Waals surface area contributed by atoms with Gasteiger partial charge >= 0.3 is 0 Å². The fourth-order valence-electron chi connectivity index (χ4n) is 3.32. The van der Waals surface area contributed by atoms with E-state index in [9.17, 15) is 4.79 Å². The van der Waals surface area contributed by atoms with Gasteiger partial charge in [0, 0.05) is 24.5 Å². The molecule has 4 rings (SSSR count). The Morgan fingerprint density at radius 2 is 1.96 bits per heavy atom. The van der Waals surface area contributed by atoms with Crippen LogP contribution in [0.3, 0.4) is 0 Å². The van der Waals surface area contributed by atoms with Crippen LogP contribution in [0.2, 0.25) is 0 Å². The van der Waals surface area contributed by atoms with Gasteiger partial charge in [0.2, 0.25) is 0 Å². The van der Waals surface area contributed by atoms with Gasteiger partial charge in [-0.15, -0.1) is 0 Å². The molecule has 1 amide bonds. The van der Waals surface area contributed by atoms with Crippen LogP contribution in [0.1, 0.15) is 28.8 Å². The Kier molecular flexibility index (Phi) is 3.58. The van der Waals surface area contributed by atoms with Gasteiger partial charge in [0.25, 0.3) is 5.91 Å². The molecular formula is C19H19N3O. The second kappa shape index (κ2) is 5.88. The molecule has 0 saturated heterocycles. The zero-order valence-electron chi connectivity index (χ0n) is 12.9. The van der Waals surface area contributed by atoms with E-state index in [2.05, 4.69) is 28.5 Å². The monoisotopic (exact) mass is 305 g/mol. The Bertz CT molecular complexity index is 761. The van der Waals surface area contributed by atoms with Crippen LogP contribution >= 0.6 is 0 Å². The molecule has 1 aliphatic carbocycles. The molecule has 0 spiro atoms. The van der Waals surface area contributed by atoms with Crippen LogP contribution in [-0.2, 0) is 6.42 Å². The number of hydrogen-bond donors (Lipinski definition) is 1. The normalized spacial score (nSPS) is 16.6. The average molecular weight is 305 g/mol. The molecular weight excluding hydrogens is 286 g/mol. The molecule has 4 nitrogen and oxygen atoms in total. The fraction of sp³-hybridized carbons (Fsp3) is 0.263. The lowest BCUT2D eigenvalue weighted by molar-refractivity contribution is 0.0990. The molecule has 0 saturated carbocycles. The Hall–Kier alpha value is -2.62. The molecule has 0 atom stereocenters. The topological polar surface area (TPSA) is 45.2 Å². The van der Waals surface area contributed by atoms with E-state index in [1.165, 1.54) is 5.56 Å². The van der Waals surface area contributed by atoms with Gasteiger partial charge in [-0.2, -0.15) is 0 Å². The Morgan fingerprint density at radius 3 is 2.83 bits per heavy atom. The number of nitrogens with one attached hydrogen (secondary N) is 1. The first-order valence-electron chi connectivity index (χ1n) is 8.09. The molecule has 1 aromatic heterocycles. The van der Waals surface area contributed by atoms with Crippen molar-refractivity contribution < 1.29 is 4.79 Å². The molecule has 0 radical (unpaired) electrons. The first-order valence-corrected chi connectivity index (χ1v) is 8.09. The standard InChI is InChI=1S/C19H19N3O/c23-19(22-13-11-14-6-1-4-10-17(14)22)16-9-5-12-20-18(16)21-15-7-2-3-8-15/h1-6,9-10,12,15H,7-8,11,13H2,(H,20,21). The summed E-state index contributed by atoms with van der Waals surface area (Å²) in [6.45, 7) is 0.734. The molecule has 1 aromatic carbocycles. The SMILES string of the molecule is O=C(c1cccnc1NC1CC=CC1)N1CCc2ccccc21. The minimum atomic E-state index is 0.0245. The van der Waals surface area contributed by atoms with Crippen LogP contribution < -0.4 is 10.2 Å². The second-order valence-corrected chi connectivity index (χ2v) is 6.02.